The van der Waals surface area contributed by atoms with Crippen molar-refractivity contribution in [2.45, 2.75) is 39.2 Å². The third-order valence-electron chi connectivity index (χ3n) is 4.64. The molecule has 142 valence electrons. The zero-order valence-electron chi connectivity index (χ0n) is 15.1. The summed E-state index contributed by atoms with van der Waals surface area (Å²) in [6.07, 6.45) is 1.39. The predicted molar refractivity (Wildman–Crippen MR) is 91.1 cm³/mol. The second kappa shape index (κ2) is 9.03. The molecule has 0 radical (unpaired) electrons. The van der Waals surface area contributed by atoms with E-state index in [2.05, 4.69) is 5.32 Å². The van der Waals surface area contributed by atoms with Gasteiger partial charge in [0.2, 0.25) is 5.91 Å². The van der Waals surface area contributed by atoms with Gasteiger partial charge in [-0.2, -0.15) is 0 Å². The largest absolute Gasteiger partial charge is 0.481 e. The molecule has 8 heteroatoms. The van der Waals surface area contributed by atoms with E-state index in [1.54, 1.807) is 9.80 Å². The number of carbonyl (C=O) groups excluding carboxylic acids is 2. The van der Waals surface area contributed by atoms with Crippen LogP contribution in [-0.2, 0) is 14.3 Å². The number of urea groups is 1. The molecule has 0 aromatic rings. The Hall–Kier alpha value is -1.83. The molecular weight excluding hydrogens is 326 g/mol. The van der Waals surface area contributed by atoms with Crippen LogP contribution in [0.5, 0.6) is 0 Å². The van der Waals surface area contributed by atoms with Crippen molar-refractivity contribution in [2.24, 2.45) is 11.8 Å². The highest BCUT2D eigenvalue weighted by atomic mass is 16.5. The van der Waals surface area contributed by atoms with E-state index in [0.717, 1.165) is 12.8 Å². The van der Waals surface area contributed by atoms with Crippen molar-refractivity contribution in [3.05, 3.63) is 0 Å². The number of nitrogens with zero attached hydrogens (tertiary/aromatic N) is 2. The van der Waals surface area contributed by atoms with Gasteiger partial charge in [0.1, 0.15) is 0 Å². The number of rotatable bonds is 5. The number of hydrogen-bond donors (Lipinski definition) is 2. The van der Waals surface area contributed by atoms with Gasteiger partial charge in [-0.1, -0.05) is 13.8 Å². The van der Waals surface area contributed by atoms with Gasteiger partial charge in [-0.25, -0.2) is 4.79 Å². The number of nitrogens with one attached hydrogen (secondary N) is 1. The summed E-state index contributed by atoms with van der Waals surface area (Å²) in [5.74, 6) is -0.896. The Bertz CT molecular complexity index is 497. The van der Waals surface area contributed by atoms with Crippen LogP contribution in [0.4, 0.5) is 4.79 Å². The minimum Gasteiger partial charge on any atom is -0.481 e. The van der Waals surface area contributed by atoms with Crippen LogP contribution in [0.3, 0.4) is 0 Å². The van der Waals surface area contributed by atoms with E-state index in [9.17, 15) is 14.4 Å². The zero-order chi connectivity index (χ0) is 18.4. The van der Waals surface area contributed by atoms with E-state index >= 15 is 0 Å². The molecule has 25 heavy (non-hydrogen) atoms. The SMILES string of the molecule is CC(C)CNC(=O)N1CCCC(C(=O)N2CCOCC2CC(=O)O)C1. The van der Waals surface area contributed by atoms with Gasteiger partial charge in [-0.15, -0.1) is 0 Å². The number of carboxylic acids is 1. The summed E-state index contributed by atoms with van der Waals surface area (Å²) >= 11 is 0. The Kier molecular flexibility index (Phi) is 7.04. The quantitative estimate of drug-likeness (QED) is 0.759. The van der Waals surface area contributed by atoms with Crippen LogP contribution in [0.2, 0.25) is 0 Å². The molecule has 0 spiro atoms. The number of likely N-dealkylation sites (tertiary alicyclic amines) is 1. The summed E-state index contributed by atoms with van der Waals surface area (Å²) in [6, 6.07) is -0.556. The first-order chi connectivity index (χ1) is 11.9. The third kappa shape index (κ3) is 5.59. The second-order valence-electron chi connectivity index (χ2n) is 7.22. The normalized spacial score (nSPS) is 24.3. The molecule has 2 unspecified atom stereocenters. The van der Waals surface area contributed by atoms with Crippen LogP contribution in [0.25, 0.3) is 0 Å². The van der Waals surface area contributed by atoms with Crippen LogP contribution in [0.1, 0.15) is 33.1 Å². The summed E-state index contributed by atoms with van der Waals surface area (Å²) in [5, 5.41) is 11.9. The number of piperidine rings is 1. The maximum atomic E-state index is 12.9. The fourth-order valence-electron chi connectivity index (χ4n) is 3.32. The van der Waals surface area contributed by atoms with Gasteiger partial charge in [0, 0.05) is 26.2 Å². The smallest absolute Gasteiger partial charge is 0.317 e. The molecule has 0 aromatic carbocycles. The van der Waals surface area contributed by atoms with Gasteiger partial charge in [0.05, 0.1) is 31.6 Å². The topological polar surface area (TPSA) is 99.2 Å². The lowest BCUT2D eigenvalue weighted by Gasteiger charge is -2.39. The molecule has 2 rings (SSSR count). The predicted octanol–water partition coefficient (Wildman–Crippen LogP) is 0.766. The van der Waals surface area contributed by atoms with Gasteiger partial charge in [0.15, 0.2) is 0 Å². The Morgan fingerprint density at radius 2 is 2.04 bits per heavy atom. The molecule has 0 bridgehead atoms. The standard InChI is InChI=1S/C17H29N3O5/c1-12(2)9-18-17(24)19-5-3-4-13(10-19)16(23)20-6-7-25-11-14(20)8-15(21)22/h12-14H,3-11H2,1-2H3,(H,18,24)(H,21,22). The summed E-state index contributed by atoms with van der Waals surface area (Å²) in [6.45, 7) is 6.80. The molecule has 2 heterocycles. The fourth-order valence-corrected chi connectivity index (χ4v) is 3.32. The summed E-state index contributed by atoms with van der Waals surface area (Å²) < 4.78 is 5.33. The molecule has 2 fully saturated rings. The molecule has 3 amide bonds. The fraction of sp³-hybridized carbons (Fsp3) is 0.824. The first kappa shape index (κ1) is 19.5. The van der Waals surface area contributed by atoms with Crippen LogP contribution < -0.4 is 5.32 Å². The Balaban J connectivity index is 1.95. The molecule has 8 nitrogen and oxygen atoms in total. The van der Waals surface area contributed by atoms with E-state index in [0.29, 0.717) is 38.7 Å². The van der Waals surface area contributed by atoms with Crippen molar-refractivity contribution in [3.63, 3.8) is 0 Å². The van der Waals surface area contributed by atoms with Crippen molar-refractivity contribution in [3.8, 4) is 0 Å². The van der Waals surface area contributed by atoms with E-state index in [1.807, 2.05) is 13.8 Å². The minimum atomic E-state index is -0.938. The van der Waals surface area contributed by atoms with Crippen molar-refractivity contribution in [1.29, 1.82) is 0 Å². The second-order valence-corrected chi connectivity index (χ2v) is 7.22. The highest BCUT2D eigenvalue weighted by Gasteiger charge is 2.36. The van der Waals surface area contributed by atoms with Crippen molar-refractivity contribution >= 4 is 17.9 Å². The Morgan fingerprint density at radius 1 is 1.28 bits per heavy atom. The average molecular weight is 355 g/mol. The molecule has 0 aromatic heterocycles. The van der Waals surface area contributed by atoms with Crippen molar-refractivity contribution < 1.29 is 24.2 Å². The first-order valence-electron chi connectivity index (χ1n) is 9.01. The maximum absolute atomic E-state index is 12.9. The molecule has 0 saturated carbocycles. The highest BCUT2D eigenvalue weighted by molar-refractivity contribution is 5.82. The first-order valence-corrected chi connectivity index (χ1v) is 9.01. The molecule has 2 N–H and O–H groups in total. The lowest BCUT2D eigenvalue weighted by Crippen LogP contribution is -2.55. The van der Waals surface area contributed by atoms with Gasteiger partial charge < -0.3 is 25.0 Å². The zero-order valence-corrected chi connectivity index (χ0v) is 15.1. The van der Waals surface area contributed by atoms with Gasteiger partial charge >= 0.3 is 12.0 Å². The minimum absolute atomic E-state index is 0.0593. The van der Waals surface area contributed by atoms with Gasteiger partial charge in [0.25, 0.3) is 0 Å². The van der Waals surface area contributed by atoms with E-state index < -0.39 is 12.0 Å². The molecule has 2 aliphatic rings. The number of ether oxygens (including phenoxy) is 1. The Labute approximate surface area is 148 Å². The summed E-state index contributed by atoms with van der Waals surface area (Å²) in [5.41, 5.74) is 0. The monoisotopic (exact) mass is 355 g/mol. The molecular formula is C17H29N3O5. The highest BCUT2D eigenvalue weighted by Crippen LogP contribution is 2.22. The summed E-state index contributed by atoms with van der Waals surface area (Å²) in [7, 11) is 0. The number of morpholine rings is 1. The Morgan fingerprint density at radius 3 is 2.72 bits per heavy atom. The van der Waals surface area contributed by atoms with Gasteiger partial charge in [-0.3, -0.25) is 9.59 Å². The molecule has 0 aliphatic carbocycles. The van der Waals surface area contributed by atoms with Gasteiger partial charge in [-0.05, 0) is 18.8 Å². The number of amides is 3. The lowest BCUT2D eigenvalue weighted by atomic mass is 9.95. The maximum Gasteiger partial charge on any atom is 0.317 e. The number of carboxylic acid groups (broad SMARTS) is 1. The van der Waals surface area contributed by atoms with Crippen LogP contribution >= 0.6 is 0 Å². The lowest BCUT2D eigenvalue weighted by molar-refractivity contribution is -0.150. The number of aliphatic carboxylic acids is 1. The van der Waals surface area contributed by atoms with Crippen molar-refractivity contribution in [1.82, 2.24) is 15.1 Å². The van der Waals surface area contributed by atoms with E-state index in [4.69, 9.17) is 9.84 Å². The number of hydrogen-bond acceptors (Lipinski definition) is 4. The van der Waals surface area contributed by atoms with E-state index in [-0.39, 0.29) is 30.9 Å². The third-order valence-corrected chi connectivity index (χ3v) is 4.64. The molecule has 2 saturated heterocycles. The molecule has 2 aliphatic heterocycles. The van der Waals surface area contributed by atoms with Crippen LogP contribution in [-0.4, -0.2) is 78.2 Å². The van der Waals surface area contributed by atoms with Crippen molar-refractivity contribution in [2.75, 3.05) is 39.4 Å². The average Bonchev–Trinajstić information content (AvgIpc) is 2.59. The van der Waals surface area contributed by atoms with Crippen LogP contribution in [0, 0.1) is 11.8 Å². The number of carbonyl (C=O) groups is 3. The summed E-state index contributed by atoms with van der Waals surface area (Å²) in [4.78, 5) is 39.5. The molecule has 2 atom stereocenters. The van der Waals surface area contributed by atoms with Crippen LogP contribution in [0.15, 0.2) is 0 Å². The van der Waals surface area contributed by atoms with E-state index in [1.165, 1.54) is 0 Å².